The van der Waals surface area contributed by atoms with Crippen LogP contribution in [0.15, 0.2) is 36.9 Å². The van der Waals surface area contributed by atoms with Crippen LogP contribution in [0.5, 0.6) is 0 Å². The molecule has 5 heteroatoms. The SMILES string of the molecule is C=CCOC(C)C(=O)OC(C)C(=O)Nc1ccccc1C(C)C. The largest absolute Gasteiger partial charge is 0.451 e. The molecule has 0 aliphatic rings. The highest BCUT2D eigenvalue weighted by molar-refractivity contribution is 5.96. The van der Waals surface area contributed by atoms with Gasteiger partial charge in [0.05, 0.1) is 6.61 Å². The van der Waals surface area contributed by atoms with Gasteiger partial charge in [-0.15, -0.1) is 6.58 Å². The van der Waals surface area contributed by atoms with Crippen LogP contribution in [0.4, 0.5) is 5.69 Å². The first-order valence-corrected chi connectivity index (χ1v) is 7.69. The minimum Gasteiger partial charge on any atom is -0.451 e. The highest BCUT2D eigenvalue weighted by Crippen LogP contribution is 2.23. The molecule has 5 nitrogen and oxygen atoms in total. The van der Waals surface area contributed by atoms with Gasteiger partial charge in [0, 0.05) is 5.69 Å². The summed E-state index contributed by atoms with van der Waals surface area (Å²) in [4.78, 5) is 24.0. The smallest absolute Gasteiger partial charge is 0.335 e. The van der Waals surface area contributed by atoms with Crippen molar-refractivity contribution in [3.05, 3.63) is 42.5 Å². The van der Waals surface area contributed by atoms with Crippen molar-refractivity contribution in [1.29, 1.82) is 0 Å². The number of amides is 1. The second kappa shape index (κ2) is 9.10. The third kappa shape index (κ3) is 5.87. The van der Waals surface area contributed by atoms with Gasteiger partial charge < -0.3 is 14.8 Å². The maximum atomic E-state index is 12.2. The van der Waals surface area contributed by atoms with Gasteiger partial charge in [0.1, 0.15) is 0 Å². The molecule has 0 heterocycles. The number of carbonyl (C=O) groups excluding carboxylic acids is 2. The number of benzene rings is 1. The molecule has 0 aliphatic heterocycles. The van der Waals surface area contributed by atoms with E-state index in [0.717, 1.165) is 11.3 Å². The molecule has 1 amide bonds. The van der Waals surface area contributed by atoms with Crippen LogP contribution >= 0.6 is 0 Å². The molecule has 0 aliphatic carbocycles. The van der Waals surface area contributed by atoms with Crippen molar-refractivity contribution in [1.82, 2.24) is 0 Å². The first-order chi connectivity index (χ1) is 10.9. The zero-order chi connectivity index (χ0) is 17.4. The number of hydrogen-bond donors (Lipinski definition) is 1. The van der Waals surface area contributed by atoms with E-state index < -0.39 is 18.2 Å². The standard InChI is InChI=1S/C18H25NO4/c1-6-11-22-14(5)18(21)23-13(4)17(20)19-16-10-8-7-9-15(16)12(2)3/h6-10,12-14H,1,11H2,2-5H3,(H,19,20). The highest BCUT2D eigenvalue weighted by atomic mass is 16.6. The van der Waals surface area contributed by atoms with Gasteiger partial charge in [0.25, 0.3) is 5.91 Å². The number of anilines is 1. The fraction of sp³-hybridized carbons (Fsp3) is 0.444. The Labute approximate surface area is 137 Å². The predicted octanol–water partition coefficient (Wildman–Crippen LogP) is 3.27. The van der Waals surface area contributed by atoms with Gasteiger partial charge in [-0.1, -0.05) is 38.1 Å². The molecule has 0 radical (unpaired) electrons. The summed E-state index contributed by atoms with van der Waals surface area (Å²) in [5, 5.41) is 2.81. The van der Waals surface area contributed by atoms with Crippen LogP contribution in [-0.2, 0) is 19.1 Å². The fourth-order valence-electron chi connectivity index (χ4n) is 1.95. The monoisotopic (exact) mass is 319 g/mol. The molecule has 0 saturated heterocycles. The number of para-hydroxylation sites is 1. The normalized spacial score (nSPS) is 13.3. The van der Waals surface area contributed by atoms with Crippen molar-refractivity contribution < 1.29 is 19.1 Å². The molecule has 0 aromatic heterocycles. The van der Waals surface area contributed by atoms with E-state index in [1.807, 2.05) is 38.1 Å². The van der Waals surface area contributed by atoms with Crippen LogP contribution in [0.3, 0.4) is 0 Å². The Balaban J connectivity index is 2.64. The summed E-state index contributed by atoms with van der Waals surface area (Å²) in [7, 11) is 0. The summed E-state index contributed by atoms with van der Waals surface area (Å²) < 4.78 is 10.3. The Hall–Kier alpha value is -2.14. The number of rotatable bonds is 8. The van der Waals surface area contributed by atoms with Crippen LogP contribution < -0.4 is 5.32 Å². The maximum absolute atomic E-state index is 12.2. The lowest BCUT2D eigenvalue weighted by Gasteiger charge is -2.18. The zero-order valence-electron chi connectivity index (χ0n) is 14.2. The minimum atomic E-state index is -0.905. The van der Waals surface area contributed by atoms with Gasteiger partial charge in [-0.2, -0.15) is 0 Å². The summed E-state index contributed by atoms with van der Waals surface area (Å²) in [6.45, 7) is 11.0. The number of nitrogens with one attached hydrogen (secondary N) is 1. The highest BCUT2D eigenvalue weighted by Gasteiger charge is 2.23. The van der Waals surface area contributed by atoms with Crippen LogP contribution in [0.25, 0.3) is 0 Å². The van der Waals surface area contributed by atoms with Gasteiger partial charge in [-0.25, -0.2) is 4.79 Å². The Morgan fingerprint density at radius 1 is 1.17 bits per heavy atom. The Kier molecular flexibility index (Phi) is 7.48. The molecule has 1 rings (SSSR count). The van der Waals surface area contributed by atoms with Gasteiger partial charge in [-0.3, -0.25) is 4.79 Å². The van der Waals surface area contributed by atoms with Crippen molar-refractivity contribution in [3.63, 3.8) is 0 Å². The molecule has 2 atom stereocenters. The van der Waals surface area contributed by atoms with E-state index in [1.54, 1.807) is 13.0 Å². The lowest BCUT2D eigenvalue weighted by Crippen LogP contribution is -2.34. The molecule has 1 aromatic carbocycles. The van der Waals surface area contributed by atoms with Crippen molar-refractivity contribution in [2.75, 3.05) is 11.9 Å². The summed E-state index contributed by atoms with van der Waals surface area (Å²) in [5.41, 5.74) is 1.76. The first kappa shape index (κ1) is 18.9. The molecule has 0 saturated carbocycles. The predicted molar refractivity (Wildman–Crippen MR) is 90.3 cm³/mol. The summed E-state index contributed by atoms with van der Waals surface area (Å²) in [5.74, 6) is -0.675. The molecule has 23 heavy (non-hydrogen) atoms. The maximum Gasteiger partial charge on any atom is 0.335 e. The van der Waals surface area contributed by atoms with E-state index in [2.05, 4.69) is 11.9 Å². The molecule has 1 aromatic rings. The quantitative estimate of drug-likeness (QED) is 0.590. The average Bonchev–Trinajstić information content (AvgIpc) is 2.52. The minimum absolute atomic E-state index is 0.249. The number of carbonyl (C=O) groups is 2. The molecule has 0 fully saturated rings. The lowest BCUT2D eigenvalue weighted by molar-refractivity contribution is -0.163. The molecule has 0 bridgehead atoms. The third-order valence-corrected chi connectivity index (χ3v) is 3.30. The van der Waals surface area contributed by atoms with Crippen molar-refractivity contribution in [2.45, 2.75) is 45.8 Å². The first-order valence-electron chi connectivity index (χ1n) is 7.69. The van der Waals surface area contributed by atoms with Crippen molar-refractivity contribution >= 4 is 17.6 Å². The molecule has 126 valence electrons. The second-order valence-electron chi connectivity index (χ2n) is 5.57. The zero-order valence-corrected chi connectivity index (χ0v) is 14.2. The average molecular weight is 319 g/mol. The van der Waals surface area contributed by atoms with Crippen molar-refractivity contribution in [2.24, 2.45) is 0 Å². The van der Waals surface area contributed by atoms with Crippen LogP contribution in [0.1, 0.15) is 39.2 Å². The molecular weight excluding hydrogens is 294 g/mol. The van der Waals surface area contributed by atoms with Gasteiger partial charge in [0.2, 0.25) is 0 Å². The van der Waals surface area contributed by atoms with E-state index in [9.17, 15) is 9.59 Å². The molecule has 0 spiro atoms. The van der Waals surface area contributed by atoms with Crippen LogP contribution in [0, 0.1) is 0 Å². The van der Waals surface area contributed by atoms with E-state index in [0.29, 0.717) is 0 Å². The van der Waals surface area contributed by atoms with Crippen LogP contribution in [0.2, 0.25) is 0 Å². The second-order valence-corrected chi connectivity index (χ2v) is 5.57. The van der Waals surface area contributed by atoms with E-state index in [1.165, 1.54) is 6.92 Å². The third-order valence-electron chi connectivity index (χ3n) is 3.30. The van der Waals surface area contributed by atoms with Gasteiger partial charge in [-0.05, 0) is 31.4 Å². The molecule has 1 N–H and O–H groups in total. The Morgan fingerprint density at radius 3 is 2.43 bits per heavy atom. The van der Waals surface area contributed by atoms with Gasteiger partial charge in [0.15, 0.2) is 12.2 Å². The molecule has 2 unspecified atom stereocenters. The summed E-state index contributed by atoms with van der Waals surface area (Å²) in [6.07, 6.45) is -0.105. The summed E-state index contributed by atoms with van der Waals surface area (Å²) >= 11 is 0. The van der Waals surface area contributed by atoms with Crippen molar-refractivity contribution in [3.8, 4) is 0 Å². The topological polar surface area (TPSA) is 64.6 Å². The van der Waals surface area contributed by atoms with Crippen LogP contribution in [-0.4, -0.2) is 30.7 Å². The Morgan fingerprint density at radius 2 is 1.83 bits per heavy atom. The van der Waals surface area contributed by atoms with E-state index in [-0.39, 0.29) is 18.4 Å². The molecular formula is C18H25NO4. The number of ether oxygens (including phenoxy) is 2. The summed E-state index contributed by atoms with van der Waals surface area (Å²) in [6, 6.07) is 7.57. The lowest BCUT2D eigenvalue weighted by atomic mass is 10.0. The van der Waals surface area contributed by atoms with E-state index >= 15 is 0 Å². The van der Waals surface area contributed by atoms with E-state index in [4.69, 9.17) is 9.47 Å². The fourth-order valence-corrected chi connectivity index (χ4v) is 1.95. The number of hydrogen-bond acceptors (Lipinski definition) is 4. The van der Waals surface area contributed by atoms with Gasteiger partial charge >= 0.3 is 5.97 Å². The Bertz CT molecular complexity index is 554. The number of esters is 1.